The second-order valence-electron chi connectivity index (χ2n) is 4.08. The molecule has 0 amide bonds. The third-order valence-corrected chi connectivity index (χ3v) is 4.66. The highest BCUT2D eigenvalue weighted by Gasteiger charge is 2.18. The van der Waals surface area contributed by atoms with Crippen LogP contribution in [-0.4, -0.2) is 32.3 Å². The summed E-state index contributed by atoms with van der Waals surface area (Å²) < 4.78 is 32.5. The molecule has 21 heavy (non-hydrogen) atoms. The van der Waals surface area contributed by atoms with Crippen LogP contribution in [0, 0.1) is 0 Å². The number of aromatic nitrogens is 2. The van der Waals surface area contributed by atoms with Crippen molar-refractivity contribution in [2.45, 2.75) is 18.4 Å². The first-order valence-electron chi connectivity index (χ1n) is 6.26. The Morgan fingerprint density at radius 2 is 2.19 bits per heavy atom. The summed E-state index contributed by atoms with van der Waals surface area (Å²) in [5, 5.41) is 10.5. The molecule has 0 aliphatic heterocycles. The summed E-state index contributed by atoms with van der Waals surface area (Å²) in [5.74, 6) is 0.668. The van der Waals surface area contributed by atoms with Gasteiger partial charge in [-0.05, 0) is 32.2 Å². The maximum absolute atomic E-state index is 12.3. The Morgan fingerprint density at radius 1 is 1.38 bits per heavy atom. The zero-order chi connectivity index (χ0) is 15.3. The van der Waals surface area contributed by atoms with E-state index < -0.39 is 10.0 Å². The molecule has 1 heterocycles. The summed E-state index contributed by atoms with van der Waals surface area (Å²) in [5.41, 5.74) is 2.24. The lowest BCUT2D eigenvalue weighted by Crippen LogP contribution is -2.14. The number of sulfonamides is 1. The standard InChI is InChI=1S/C12H16N4O3S2/c1-3-19-11-5-4-10(6-9(11)7-13-2)21(17,18)16-12-15-14-8-20-12/h4-6,8,13H,3,7H2,1-2H3,(H,15,16). The molecule has 114 valence electrons. The van der Waals surface area contributed by atoms with Crippen molar-refractivity contribution in [3.05, 3.63) is 29.3 Å². The Morgan fingerprint density at radius 3 is 2.81 bits per heavy atom. The molecule has 0 aliphatic carbocycles. The van der Waals surface area contributed by atoms with E-state index in [1.54, 1.807) is 19.2 Å². The van der Waals surface area contributed by atoms with Gasteiger partial charge >= 0.3 is 0 Å². The van der Waals surface area contributed by atoms with Gasteiger partial charge in [-0.25, -0.2) is 8.42 Å². The van der Waals surface area contributed by atoms with Crippen molar-refractivity contribution in [3.63, 3.8) is 0 Å². The molecule has 0 radical (unpaired) electrons. The number of hydrogen-bond donors (Lipinski definition) is 2. The first-order valence-corrected chi connectivity index (χ1v) is 8.62. The molecular weight excluding hydrogens is 312 g/mol. The van der Waals surface area contributed by atoms with Gasteiger partial charge in [0.2, 0.25) is 5.13 Å². The molecule has 7 nitrogen and oxygen atoms in total. The third kappa shape index (κ3) is 3.90. The second kappa shape index (κ2) is 6.83. The van der Waals surface area contributed by atoms with Gasteiger partial charge < -0.3 is 10.1 Å². The van der Waals surface area contributed by atoms with Crippen LogP contribution in [0.2, 0.25) is 0 Å². The van der Waals surface area contributed by atoms with Crippen LogP contribution in [0.25, 0.3) is 0 Å². The average Bonchev–Trinajstić information content (AvgIpc) is 2.93. The number of rotatable bonds is 7. The molecule has 2 N–H and O–H groups in total. The van der Waals surface area contributed by atoms with E-state index in [0.29, 0.717) is 18.9 Å². The summed E-state index contributed by atoms with van der Waals surface area (Å²) in [6.45, 7) is 2.91. The van der Waals surface area contributed by atoms with Crippen LogP contribution in [-0.2, 0) is 16.6 Å². The van der Waals surface area contributed by atoms with Crippen molar-refractivity contribution >= 4 is 26.5 Å². The first-order chi connectivity index (χ1) is 10.1. The molecule has 1 aromatic carbocycles. The molecule has 0 saturated heterocycles. The van der Waals surface area contributed by atoms with Crippen molar-refractivity contribution in [3.8, 4) is 5.75 Å². The van der Waals surface area contributed by atoms with Gasteiger partial charge in [-0.15, -0.1) is 10.2 Å². The van der Waals surface area contributed by atoms with E-state index in [-0.39, 0.29) is 10.0 Å². The highest BCUT2D eigenvalue weighted by molar-refractivity contribution is 7.93. The lowest BCUT2D eigenvalue weighted by atomic mass is 10.2. The number of hydrogen-bond acceptors (Lipinski definition) is 7. The largest absolute Gasteiger partial charge is 0.494 e. The van der Waals surface area contributed by atoms with Crippen molar-refractivity contribution in [1.82, 2.24) is 15.5 Å². The average molecular weight is 328 g/mol. The second-order valence-corrected chi connectivity index (χ2v) is 6.60. The fourth-order valence-corrected chi connectivity index (χ4v) is 3.48. The van der Waals surface area contributed by atoms with Gasteiger partial charge in [-0.1, -0.05) is 11.3 Å². The van der Waals surface area contributed by atoms with E-state index in [1.165, 1.54) is 11.6 Å². The van der Waals surface area contributed by atoms with E-state index in [4.69, 9.17) is 4.74 Å². The molecular formula is C12H16N4O3S2. The van der Waals surface area contributed by atoms with Crippen LogP contribution in [0.15, 0.2) is 28.6 Å². The molecule has 0 bridgehead atoms. The molecule has 0 aliphatic rings. The van der Waals surface area contributed by atoms with E-state index >= 15 is 0 Å². The SMILES string of the molecule is CCOc1ccc(S(=O)(=O)Nc2nncs2)cc1CNC. The molecule has 0 saturated carbocycles. The molecule has 2 aromatic rings. The van der Waals surface area contributed by atoms with Crippen molar-refractivity contribution in [2.24, 2.45) is 0 Å². The fraction of sp³-hybridized carbons (Fsp3) is 0.333. The van der Waals surface area contributed by atoms with Gasteiger partial charge in [0.1, 0.15) is 11.3 Å². The molecule has 0 spiro atoms. The normalized spacial score (nSPS) is 11.3. The van der Waals surface area contributed by atoms with Crippen LogP contribution >= 0.6 is 11.3 Å². The van der Waals surface area contributed by atoms with Gasteiger partial charge in [0.25, 0.3) is 10.0 Å². The zero-order valence-electron chi connectivity index (χ0n) is 11.7. The van der Waals surface area contributed by atoms with Gasteiger partial charge in [0.05, 0.1) is 11.5 Å². The Kier molecular flexibility index (Phi) is 5.10. The molecule has 9 heteroatoms. The summed E-state index contributed by atoms with van der Waals surface area (Å²) in [6, 6.07) is 4.75. The van der Waals surface area contributed by atoms with E-state index in [2.05, 4.69) is 20.2 Å². The Labute approximate surface area is 127 Å². The predicted octanol–water partition coefficient (Wildman–Crippen LogP) is 1.46. The Bertz CT molecular complexity index is 687. The van der Waals surface area contributed by atoms with E-state index in [1.807, 2.05) is 6.92 Å². The van der Waals surface area contributed by atoms with Crippen LogP contribution in [0.5, 0.6) is 5.75 Å². The Hall–Kier alpha value is -1.71. The van der Waals surface area contributed by atoms with Gasteiger partial charge in [0, 0.05) is 12.1 Å². The van der Waals surface area contributed by atoms with Crippen molar-refractivity contribution in [2.75, 3.05) is 18.4 Å². The van der Waals surface area contributed by atoms with Crippen molar-refractivity contribution in [1.29, 1.82) is 0 Å². The quantitative estimate of drug-likeness (QED) is 0.799. The number of nitrogens with one attached hydrogen (secondary N) is 2. The monoisotopic (exact) mass is 328 g/mol. The molecule has 0 atom stereocenters. The van der Waals surface area contributed by atoms with Gasteiger partial charge in [0.15, 0.2) is 0 Å². The third-order valence-electron chi connectivity index (χ3n) is 2.59. The lowest BCUT2D eigenvalue weighted by Gasteiger charge is -2.12. The maximum Gasteiger partial charge on any atom is 0.263 e. The molecule has 0 fully saturated rings. The van der Waals surface area contributed by atoms with Gasteiger partial charge in [-0.2, -0.15) is 0 Å². The molecule has 2 rings (SSSR count). The number of anilines is 1. The minimum atomic E-state index is -3.68. The fourth-order valence-electron chi connectivity index (χ4n) is 1.74. The number of benzene rings is 1. The minimum Gasteiger partial charge on any atom is -0.494 e. The number of nitrogens with zero attached hydrogens (tertiary/aromatic N) is 2. The first kappa shape index (κ1) is 15.7. The Balaban J connectivity index is 2.32. The van der Waals surface area contributed by atoms with Crippen LogP contribution < -0.4 is 14.8 Å². The molecule has 1 aromatic heterocycles. The van der Waals surface area contributed by atoms with Gasteiger partial charge in [-0.3, -0.25) is 4.72 Å². The zero-order valence-corrected chi connectivity index (χ0v) is 13.3. The van der Waals surface area contributed by atoms with E-state index in [0.717, 1.165) is 16.9 Å². The highest BCUT2D eigenvalue weighted by Crippen LogP contribution is 2.24. The number of ether oxygens (including phenoxy) is 1. The van der Waals surface area contributed by atoms with Crippen LogP contribution in [0.4, 0.5) is 5.13 Å². The summed E-state index contributed by atoms with van der Waals surface area (Å²) in [7, 11) is -1.89. The van der Waals surface area contributed by atoms with Crippen molar-refractivity contribution < 1.29 is 13.2 Å². The maximum atomic E-state index is 12.3. The smallest absolute Gasteiger partial charge is 0.263 e. The predicted molar refractivity (Wildman–Crippen MR) is 81.1 cm³/mol. The summed E-state index contributed by atoms with van der Waals surface area (Å²) >= 11 is 1.12. The van der Waals surface area contributed by atoms with Crippen LogP contribution in [0.3, 0.4) is 0 Å². The highest BCUT2D eigenvalue weighted by atomic mass is 32.2. The lowest BCUT2D eigenvalue weighted by molar-refractivity contribution is 0.335. The topological polar surface area (TPSA) is 93.2 Å². The minimum absolute atomic E-state index is 0.159. The molecule has 0 unspecified atom stereocenters. The summed E-state index contributed by atoms with van der Waals surface area (Å²) in [4.78, 5) is 0.159. The van der Waals surface area contributed by atoms with Crippen LogP contribution in [0.1, 0.15) is 12.5 Å². The van der Waals surface area contributed by atoms with E-state index in [9.17, 15) is 8.42 Å². The summed E-state index contributed by atoms with van der Waals surface area (Å²) in [6.07, 6.45) is 0.